The van der Waals surface area contributed by atoms with Crippen molar-refractivity contribution in [1.82, 2.24) is 0 Å². The van der Waals surface area contributed by atoms with Crippen LogP contribution < -0.4 is 5.73 Å². The van der Waals surface area contributed by atoms with Crippen molar-refractivity contribution >= 4 is 5.97 Å². The molecule has 0 spiro atoms. The maximum absolute atomic E-state index is 10.5. The largest absolute Gasteiger partial charge is 0.481 e. The molecule has 0 radical (unpaired) electrons. The summed E-state index contributed by atoms with van der Waals surface area (Å²) in [6.45, 7) is 1.98. The van der Waals surface area contributed by atoms with Crippen LogP contribution in [0.2, 0.25) is 0 Å². The molecule has 94 valence electrons. The lowest BCUT2D eigenvalue weighted by Gasteiger charge is -2.26. The zero-order valence-electron chi connectivity index (χ0n) is 9.91. The Morgan fingerprint density at radius 3 is 2.41 bits per heavy atom. The van der Waals surface area contributed by atoms with Crippen LogP contribution in [0.25, 0.3) is 0 Å². The van der Waals surface area contributed by atoms with Gasteiger partial charge < -0.3 is 15.9 Å². The van der Waals surface area contributed by atoms with E-state index in [2.05, 4.69) is 0 Å². The third-order valence-corrected chi connectivity index (χ3v) is 2.96. The molecule has 0 aliphatic heterocycles. The predicted octanol–water partition coefficient (Wildman–Crippen LogP) is 1.34. The Kier molecular flexibility index (Phi) is 5.12. The SMILES string of the molecule is CCC(c1ccccc1)C(N)C(O)CC(=O)O. The zero-order chi connectivity index (χ0) is 12.8. The van der Waals surface area contributed by atoms with Crippen molar-refractivity contribution < 1.29 is 15.0 Å². The quantitative estimate of drug-likeness (QED) is 0.697. The molecule has 0 saturated heterocycles. The van der Waals surface area contributed by atoms with Gasteiger partial charge in [-0.25, -0.2) is 0 Å². The van der Waals surface area contributed by atoms with E-state index in [9.17, 15) is 9.90 Å². The summed E-state index contributed by atoms with van der Waals surface area (Å²) in [5.41, 5.74) is 6.97. The van der Waals surface area contributed by atoms with Crippen LogP contribution in [0.3, 0.4) is 0 Å². The molecule has 3 atom stereocenters. The van der Waals surface area contributed by atoms with Crippen LogP contribution >= 0.6 is 0 Å². The molecule has 4 N–H and O–H groups in total. The van der Waals surface area contributed by atoms with E-state index >= 15 is 0 Å². The number of carboxylic acids is 1. The van der Waals surface area contributed by atoms with Crippen LogP contribution in [0.15, 0.2) is 30.3 Å². The van der Waals surface area contributed by atoms with E-state index in [1.165, 1.54) is 0 Å². The van der Waals surface area contributed by atoms with Crippen molar-refractivity contribution in [1.29, 1.82) is 0 Å². The molecule has 0 aliphatic rings. The van der Waals surface area contributed by atoms with E-state index in [0.29, 0.717) is 0 Å². The summed E-state index contributed by atoms with van der Waals surface area (Å²) in [4.78, 5) is 10.5. The fourth-order valence-corrected chi connectivity index (χ4v) is 2.01. The summed E-state index contributed by atoms with van der Waals surface area (Å²) in [5.74, 6) is -1.05. The van der Waals surface area contributed by atoms with Crippen LogP contribution in [0, 0.1) is 0 Å². The third-order valence-electron chi connectivity index (χ3n) is 2.96. The summed E-state index contributed by atoms with van der Waals surface area (Å²) in [6, 6.07) is 9.07. The Balaban J connectivity index is 2.77. The van der Waals surface area contributed by atoms with Gasteiger partial charge in [-0.15, -0.1) is 0 Å². The molecule has 0 bridgehead atoms. The first-order valence-electron chi connectivity index (χ1n) is 5.76. The highest BCUT2D eigenvalue weighted by Gasteiger charge is 2.26. The van der Waals surface area contributed by atoms with Gasteiger partial charge >= 0.3 is 5.97 Å². The molecule has 0 fully saturated rings. The predicted molar refractivity (Wildman–Crippen MR) is 65.7 cm³/mol. The van der Waals surface area contributed by atoms with Gasteiger partial charge in [0.05, 0.1) is 12.5 Å². The summed E-state index contributed by atoms with van der Waals surface area (Å²) in [5, 5.41) is 18.4. The van der Waals surface area contributed by atoms with Crippen LogP contribution in [-0.4, -0.2) is 28.3 Å². The minimum absolute atomic E-state index is 0.0226. The van der Waals surface area contributed by atoms with Crippen molar-refractivity contribution in [2.75, 3.05) is 0 Å². The minimum atomic E-state index is -1.03. The monoisotopic (exact) mass is 237 g/mol. The van der Waals surface area contributed by atoms with Gasteiger partial charge in [0, 0.05) is 12.0 Å². The van der Waals surface area contributed by atoms with Gasteiger partial charge in [0.2, 0.25) is 0 Å². The zero-order valence-corrected chi connectivity index (χ0v) is 9.91. The lowest BCUT2D eigenvalue weighted by molar-refractivity contribution is -0.139. The number of aliphatic hydroxyl groups excluding tert-OH is 1. The van der Waals surface area contributed by atoms with Gasteiger partial charge in [-0.2, -0.15) is 0 Å². The van der Waals surface area contributed by atoms with E-state index < -0.39 is 18.1 Å². The number of carboxylic acid groups (broad SMARTS) is 1. The standard InChI is InChI=1S/C13H19NO3/c1-2-10(9-6-4-3-5-7-9)13(14)11(15)8-12(16)17/h3-7,10-11,13,15H,2,8,14H2,1H3,(H,16,17). The Morgan fingerprint density at radius 2 is 1.94 bits per heavy atom. The lowest BCUT2D eigenvalue weighted by Crippen LogP contribution is -2.41. The molecule has 0 saturated carbocycles. The molecule has 4 heteroatoms. The number of hydrogen-bond acceptors (Lipinski definition) is 3. The minimum Gasteiger partial charge on any atom is -0.481 e. The highest BCUT2D eigenvalue weighted by atomic mass is 16.4. The van der Waals surface area contributed by atoms with Crippen molar-refractivity contribution in [2.45, 2.75) is 37.8 Å². The Morgan fingerprint density at radius 1 is 1.35 bits per heavy atom. The average molecular weight is 237 g/mol. The summed E-state index contributed by atoms with van der Waals surface area (Å²) in [7, 11) is 0. The number of rotatable bonds is 6. The van der Waals surface area contributed by atoms with Crippen LogP contribution in [0.4, 0.5) is 0 Å². The van der Waals surface area contributed by atoms with Crippen molar-refractivity contribution in [2.24, 2.45) is 5.73 Å². The van der Waals surface area contributed by atoms with Gasteiger partial charge in [0.1, 0.15) is 0 Å². The normalized spacial score (nSPS) is 16.2. The maximum atomic E-state index is 10.5. The summed E-state index contributed by atoms with van der Waals surface area (Å²) in [6.07, 6.45) is -0.565. The number of aliphatic carboxylic acids is 1. The molecule has 0 heterocycles. The fourth-order valence-electron chi connectivity index (χ4n) is 2.01. The molecule has 0 amide bonds. The smallest absolute Gasteiger partial charge is 0.306 e. The molecule has 1 aromatic rings. The molecular weight excluding hydrogens is 218 g/mol. The highest BCUT2D eigenvalue weighted by molar-refractivity contribution is 5.67. The molecule has 0 aliphatic carbocycles. The third kappa shape index (κ3) is 3.84. The molecule has 17 heavy (non-hydrogen) atoms. The second kappa shape index (κ2) is 6.37. The first kappa shape index (κ1) is 13.7. The van der Waals surface area contributed by atoms with Gasteiger partial charge in [-0.1, -0.05) is 37.3 Å². The first-order valence-corrected chi connectivity index (χ1v) is 5.76. The second-order valence-electron chi connectivity index (χ2n) is 4.17. The van der Waals surface area contributed by atoms with E-state index in [1.54, 1.807) is 0 Å². The summed E-state index contributed by atoms with van der Waals surface area (Å²) < 4.78 is 0. The van der Waals surface area contributed by atoms with Crippen LogP contribution in [-0.2, 0) is 4.79 Å². The van der Waals surface area contributed by atoms with Crippen LogP contribution in [0.1, 0.15) is 31.2 Å². The lowest BCUT2D eigenvalue weighted by atomic mass is 9.86. The van der Waals surface area contributed by atoms with Crippen molar-refractivity contribution in [3.8, 4) is 0 Å². The number of carbonyl (C=O) groups is 1. The average Bonchev–Trinajstić information content (AvgIpc) is 2.30. The molecule has 4 nitrogen and oxygen atoms in total. The van der Waals surface area contributed by atoms with Gasteiger partial charge in [0.15, 0.2) is 0 Å². The molecule has 3 unspecified atom stereocenters. The van der Waals surface area contributed by atoms with Crippen molar-refractivity contribution in [3.05, 3.63) is 35.9 Å². The Bertz CT molecular complexity index is 353. The second-order valence-corrected chi connectivity index (χ2v) is 4.17. The van der Waals surface area contributed by atoms with Gasteiger partial charge in [-0.05, 0) is 12.0 Å². The number of hydrogen-bond donors (Lipinski definition) is 3. The first-order chi connectivity index (χ1) is 8.06. The highest BCUT2D eigenvalue weighted by Crippen LogP contribution is 2.24. The van der Waals surface area contributed by atoms with E-state index in [-0.39, 0.29) is 12.3 Å². The Labute approximate surface area is 101 Å². The molecule has 1 aromatic carbocycles. The van der Waals surface area contributed by atoms with Crippen LogP contribution in [0.5, 0.6) is 0 Å². The van der Waals surface area contributed by atoms with Gasteiger partial charge in [0.25, 0.3) is 0 Å². The fraction of sp³-hybridized carbons (Fsp3) is 0.462. The number of benzene rings is 1. The maximum Gasteiger partial charge on any atom is 0.306 e. The molecule has 0 aromatic heterocycles. The van der Waals surface area contributed by atoms with E-state index in [4.69, 9.17) is 10.8 Å². The van der Waals surface area contributed by atoms with E-state index in [0.717, 1.165) is 12.0 Å². The number of nitrogens with two attached hydrogens (primary N) is 1. The summed E-state index contributed by atoms with van der Waals surface area (Å²) >= 11 is 0. The van der Waals surface area contributed by atoms with Gasteiger partial charge in [-0.3, -0.25) is 4.79 Å². The molecular formula is C13H19NO3. The topological polar surface area (TPSA) is 83.5 Å². The van der Waals surface area contributed by atoms with E-state index in [1.807, 2.05) is 37.3 Å². The Hall–Kier alpha value is -1.39. The molecule has 1 rings (SSSR count). The number of aliphatic hydroxyl groups is 1. The van der Waals surface area contributed by atoms with Crippen molar-refractivity contribution in [3.63, 3.8) is 0 Å².